The predicted molar refractivity (Wildman–Crippen MR) is 61.6 cm³/mol. The number of rotatable bonds is 7. The molecule has 0 aliphatic carbocycles. The van der Waals surface area contributed by atoms with E-state index in [1.165, 1.54) is 6.20 Å². The van der Waals surface area contributed by atoms with E-state index in [0.717, 1.165) is 6.42 Å². The number of nitriles is 1. The van der Waals surface area contributed by atoms with E-state index in [9.17, 15) is 9.59 Å². The minimum atomic E-state index is -0.453. The van der Waals surface area contributed by atoms with Crippen LogP contribution in [0.2, 0.25) is 0 Å². The summed E-state index contributed by atoms with van der Waals surface area (Å²) in [6.45, 7) is 4.35. The third-order valence-electron chi connectivity index (χ3n) is 1.70. The first kappa shape index (κ1) is 15.0. The average molecular weight is 239 g/mol. The minimum Gasteiger partial charge on any atom is -0.465 e. The molecule has 6 heteroatoms. The molecular formula is C11H17N3O3. The van der Waals surface area contributed by atoms with Gasteiger partial charge >= 0.3 is 5.97 Å². The molecule has 17 heavy (non-hydrogen) atoms. The Morgan fingerprint density at radius 1 is 1.41 bits per heavy atom. The molecule has 0 radical (unpaired) electrons. The van der Waals surface area contributed by atoms with Gasteiger partial charge in [-0.2, -0.15) is 5.26 Å². The Labute approximate surface area is 101 Å². The van der Waals surface area contributed by atoms with Crippen molar-refractivity contribution in [3.8, 4) is 6.07 Å². The summed E-state index contributed by atoms with van der Waals surface area (Å²) in [4.78, 5) is 22.3. The van der Waals surface area contributed by atoms with E-state index >= 15 is 0 Å². The van der Waals surface area contributed by atoms with E-state index in [0.29, 0.717) is 13.2 Å². The molecule has 0 heterocycles. The first-order valence-electron chi connectivity index (χ1n) is 5.43. The lowest BCUT2D eigenvalue weighted by Crippen LogP contribution is -2.27. The van der Waals surface area contributed by atoms with Crippen LogP contribution in [0, 0.1) is 11.3 Å². The number of carbonyl (C=O) groups is 2. The number of hydrogen-bond acceptors (Lipinski definition) is 5. The summed E-state index contributed by atoms with van der Waals surface area (Å²) in [5.41, 5.74) is -0.0669. The molecule has 0 spiro atoms. The van der Waals surface area contributed by atoms with Gasteiger partial charge in [0.2, 0.25) is 0 Å². The molecule has 94 valence electrons. The van der Waals surface area contributed by atoms with Gasteiger partial charge in [-0.25, -0.2) is 0 Å². The maximum absolute atomic E-state index is 11.4. The van der Waals surface area contributed by atoms with Crippen molar-refractivity contribution in [1.82, 2.24) is 10.6 Å². The summed E-state index contributed by atoms with van der Waals surface area (Å²) in [5.74, 6) is -0.888. The molecule has 0 rings (SSSR count). The zero-order chi connectivity index (χ0) is 13.1. The second kappa shape index (κ2) is 9.21. The van der Waals surface area contributed by atoms with Crippen molar-refractivity contribution in [3.63, 3.8) is 0 Å². The van der Waals surface area contributed by atoms with Crippen LogP contribution in [0.1, 0.15) is 20.3 Å². The molecule has 6 nitrogen and oxygen atoms in total. The largest absolute Gasteiger partial charge is 0.465 e. The van der Waals surface area contributed by atoms with Crippen LogP contribution in [0.4, 0.5) is 0 Å². The number of hydrogen-bond donors (Lipinski definition) is 2. The summed E-state index contributed by atoms with van der Waals surface area (Å²) in [5, 5.41) is 13.8. The van der Waals surface area contributed by atoms with E-state index in [-0.39, 0.29) is 12.1 Å². The van der Waals surface area contributed by atoms with Gasteiger partial charge in [0.05, 0.1) is 6.61 Å². The summed E-state index contributed by atoms with van der Waals surface area (Å²) >= 11 is 0. The number of amides is 1. The maximum Gasteiger partial charge on any atom is 0.325 e. The van der Waals surface area contributed by atoms with Crippen LogP contribution < -0.4 is 10.6 Å². The lowest BCUT2D eigenvalue weighted by atomic mass is 10.3. The van der Waals surface area contributed by atoms with Crippen molar-refractivity contribution in [2.75, 3.05) is 19.7 Å². The first-order chi connectivity index (χ1) is 8.15. The van der Waals surface area contributed by atoms with Crippen molar-refractivity contribution in [2.45, 2.75) is 20.3 Å². The Morgan fingerprint density at radius 2 is 2.12 bits per heavy atom. The molecule has 0 aromatic heterocycles. The van der Waals surface area contributed by atoms with Crippen molar-refractivity contribution in [3.05, 3.63) is 11.8 Å². The first-order valence-corrected chi connectivity index (χ1v) is 5.43. The molecule has 0 unspecified atom stereocenters. The fourth-order valence-corrected chi connectivity index (χ4v) is 0.931. The molecular weight excluding hydrogens is 222 g/mol. The van der Waals surface area contributed by atoms with E-state index in [1.807, 2.05) is 6.92 Å². The van der Waals surface area contributed by atoms with Crippen LogP contribution in [0.3, 0.4) is 0 Å². The molecule has 2 N–H and O–H groups in total. The number of ether oxygens (including phenoxy) is 1. The van der Waals surface area contributed by atoms with Gasteiger partial charge in [0, 0.05) is 12.7 Å². The molecule has 0 aromatic rings. The number of nitrogens with zero attached hydrogens (tertiary/aromatic N) is 1. The molecule has 0 aliphatic rings. The van der Waals surface area contributed by atoms with Gasteiger partial charge in [-0.3, -0.25) is 9.59 Å². The molecule has 0 saturated heterocycles. The second-order valence-electron chi connectivity index (χ2n) is 3.11. The zero-order valence-electron chi connectivity index (χ0n) is 10.1. The van der Waals surface area contributed by atoms with E-state index < -0.39 is 11.9 Å². The van der Waals surface area contributed by atoms with Crippen molar-refractivity contribution in [2.24, 2.45) is 0 Å². The molecule has 0 fully saturated rings. The van der Waals surface area contributed by atoms with Gasteiger partial charge < -0.3 is 15.4 Å². The molecule has 0 aromatic carbocycles. The SMILES string of the molecule is CCCNC(=O)/C(C#N)=C\NCC(=O)OCC. The monoisotopic (exact) mass is 239 g/mol. The molecule has 0 saturated carbocycles. The third-order valence-corrected chi connectivity index (χ3v) is 1.70. The van der Waals surface area contributed by atoms with Crippen LogP contribution in [-0.2, 0) is 14.3 Å². The normalized spacial score (nSPS) is 10.3. The van der Waals surface area contributed by atoms with E-state index in [4.69, 9.17) is 5.26 Å². The predicted octanol–water partition coefficient (Wildman–Crippen LogP) is 0.0728. The minimum absolute atomic E-state index is 0.0669. The Balaban J connectivity index is 4.14. The highest BCUT2D eigenvalue weighted by molar-refractivity contribution is 5.97. The quantitative estimate of drug-likeness (QED) is 0.373. The summed E-state index contributed by atoms with van der Waals surface area (Å²) in [7, 11) is 0. The van der Waals surface area contributed by atoms with Gasteiger partial charge in [-0.1, -0.05) is 6.92 Å². The highest BCUT2D eigenvalue weighted by atomic mass is 16.5. The lowest BCUT2D eigenvalue weighted by molar-refractivity contribution is -0.141. The van der Waals surface area contributed by atoms with Crippen LogP contribution in [0.15, 0.2) is 11.8 Å². The fourth-order valence-electron chi connectivity index (χ4n) is 0.931. The number of esters is 1. The highest BCUT2D eigenvalue weighted by Crippen LogP contribution is 1.90. The van der Waals surface area contributed by atoms with Gasteiger partial charge in [0.1, 0.15) is 18.2 Å². The van der Waals surface area contributed by atoms with Gasteiger partial charge in [-0.05, 0) is 13.3 Å². The maximum atomic E-state index is 11.4. The van der Waals surface area contributed by atoms with E-state index in [2.05, 4.69) is 15.4 Å². The molecule has 0 bridgehead atoms. The summed E-state index contributed by atoms with van der Waals surface area (Å²) in [6.07, 6.45) is 2.00. The van der Waals surface area contributed by atoms with Crippen LogP contribution >= 0.6 is 0 Å². The molecule has 0 atom stereocenters. The lowest BCUT2D eigenvalue weighted by Gasteiger charge is -2.03. The van der Waals surface area contributed by atoms with Crippen molar-refractivity contribution >= 4 is 11.9 Å². The molecule has 1 amide bonds. The number of carbonyl (C=O) groups excluding carboxylic acids is 2. The van der Waals surface area contributed by atoms with Crippen molar-refractivity contribution < 1.29 is 14.3 Å². The van der Waals surface area contributed by atoms with Gasteiger partial charge in [0.15, 0.2) is 0 Å². The van der Waals surface area contributed by atoms with Crippen molar-refractivity contribution in [1.29, 1.82) is 5.26 Å². The summed E-state index contributed by atoms with van der Waals surface area (Å²) in [6, 6.07) is 1.75. The topological polar surface area (TPSA) is 91.2 Å². The third kappa shape index (κ3) is 6.95. The number of nitrogens with one attached hydrogen (secondary N) is 2. The second-order valence-corrected chi connectivity index (χ2v) is 3.11. The van der Waals surface area contributed by atoms with Crippen LogP contribution in [0.5, 0.6) is 0 Å². The fraction of sp³-hybridized carbons (Fsp3) is 0.545. The van der Waals surface area contributed by atoms with E-state index in [1.54, 1.807) is 13.0 Å². The smallest absolute Gasteiger partial charge is 0.325 e. The van der Waals surface area contributed by atoms with Crippen LogP contribution in [-0.4, -0.2) is 31.6 Å². The van der Waals surface area contributed by atoms with Gasteiger partial charge in [0.25, 0.3) is 5.91 Å². The Morgan fingerprint density at radius 3 is 2.65 bits per heavy atom. The molecule has 0 aliphatic heterocycles. The average Bonchev–Trinajstić information content (AvgIpc) is 2.32. The van der Waals surface area contributed by atoms with Crippen LogP contribution in [0.25, 0.3) is 0 Å². The Hall–Kier alpha value is -2.03. The Bertz CT molecular complexity index is 331. The zero-order valence-corrected chi connectivity index (χ0v) is 10.1. The van der Waals surface area contributed by atoms with Gasteiger partial charge in [-0.15, -0.1) is 0 Å². The summed E-state index contributed by atoms with van der Waals surface area (Å²) < 4.78 is 4.67. The Kier molecular flexibility index (Phi) is 8.11. The highest BCUT2D eigenvalue weighted by Gasteiger charge is 2.07. The standard InChI is InChI=1S/C11H17N3O3/c1-3-5-14-11(16)9(6-12)7-13-8-10(15)17-4-2/h7,13H,3-5,8H2,1-2H3,(H,14,16)/b9-7-.